The highest BCUT2D eigenvalue weighted by atomic mass is 31.1. The highest BCUT2D eigenvalue weighted by molar-refractivity contribution is 7.32. The van der Waals surface area contributed by atoms with E-state index >= 15 is 0 Å². The Labute approximate surface area is 200 Å². The molecule has 1 aliphatic rings. The maximum atomic E-state index is 12.2. The Morgan fingerprint density at radius 2 is 2.09 bits per heavy atom. The average molecular weight is 516 g/mol. The van der Waals surface area contributed by atoms with Crippen molar-refractivity contribution in [1.82, 2.24) is 14.9 Å². The second-order valence-electron chi connectivity index (χ2n) is 8.32. The molecule has 0 saturated carbocycles. The van der Waals surface area contributed by atoms with Crippen molar-refractivity contribution < 1.29 is 42.9 Å². The molecule has 35 heavy (non-hydrogen) atoms. The molecule has 1 aromatic heterocycles. The van der Waals surface area contributed by atoms with E-state index in [1.807, 2.05) is 0 Å². The van der Waals surface area contributed by atoms with Crippen LogP contribution in [-0.4, -0.2) is 69.2 Å². The molecule has 2 heterocycles. The molecule has 1 aliphatic heterocycles. The standard InChI is InChI=1S/C20H26N3O11P/c1-20(2,3)34-19(28)21-7-6-16(25)31-8-4-5-12-10-23(18(27)22-17(12)26)15-9-13(24)14(33-15)11-32-35(29)30/h10,13-15,24H,6-9,11H2,1-3H3,(H2-,21,22,26,27,28,29,30)/p+1. The van der Waals surface area contributed by atoms with Gasteiger partial charge in [-0.3, -0.25) is 19.1 Å². The number of aliphatic hydroxyl groups is 1. The number of H-pyrrole nitrogens is 1. The Kier molecular flexibility index (Phi) is 10.1. The zero-order valence-electron chi connectivity index (χ0n) is 19.3. The second kappa shape index (κ2) is 12.6. The lowest BCUT2D eigenvalue weighted by Crippen LogP contribution is -2.34. The molecule has 1 aromatic rings. The third-order valence-corrected chi connectivity index (χ3v) is 4.73. The summed E-state index contributed by atoms with van der Waals surface area (Å²) >= 11 is 0. The highest BCUT2D eigenvalue weighted by Gasteiger charge is 2.37. The summed E-state index contributed by atoms with van der Waals surface area (Å²) in [6.07, 6.45) is -2.70. The largest absolute Gasteiger partial charge is 0.694 e. The lowest BCUT2D eigenvalue weighted by atomic mass is 10.2. The van der Waals surface area contributed by atoms with E-state index in [9.17, 15) is 28.8 Å². The Morgan fingerprint density at radius 1 is 1.37 bits per heavy atom. The van der Waals surface area contributed by atoms with Gasteiger partial charge in [0.2, 0.25) is 0 Å². The zero-order valence-corrected chi connectivity index (χ0v) is 20.2. The molecular weight excluding hydrogens is 489 g/mol. The molecule has 15 heteroatoms. The van der Waals surface area contributed by atoms with Crippen LogP contribution in [0.1, 0.15) is 45.4 Å². The minimum atomic E-state index is -2.88. The molecule has 0 aromatic carbocycles. The molecule has 14 nitrogen and oxygen atoms in total. The van der Waals surface area contributed by atoms with Crippen molar-refractivity contribution in [2.45, 2.75) is 57.6 Å². The number of nitrogens with one attached hydrogen (secondary N) is 2. The number of hydrogen-bond acceptors (Lipinski definition) is 10. The van der Waals surface area contributed by atoms with Gasteiger partial charge in [0.1, 0.15) is 30.1 Å². The van der Waals surface area contributed by atoms with E-state index in [4.69, 9.17) is 19.1 Å². The summed E-state index contributed by atoms with van der Waals surface area (Å²) < 4.78 is 31.7. The van der Waals surface area contributed by atoms with Crippen molar-refractivity contribution in [3.05, 3.63) is 32.6 Å². The molecule has 4 N–H and O–H groups in total. The second-order valence-corrected chi connectivity index (χ2v) is 9.05. The van der Waals surface area contributed by atoms with Crippen LogP contribution in [0.15, 0.2) is 15.8 Å². The summed E-state index contributed by atoms with van der Waals surface area (Å²) in [6.45, 7) is 4.40. The first kappa shape index (κ1) is 28.2. The summed E-state index contributed by atoms with van der Waals surface area (Å²) in [5.74, 6) is 4.33. The molecule has 1 fully saturated rings. The van der Waals surface area contributed by atoms with Crippen LogP contribution >= 0.6 is 8.25 Å². The van der Waals surface area contributed by atoms with Crippen molar-refractivity contribution in [3.8, 4) is 11.8 Å². The smallest absolute Gasteiger partial charge is 0.452 e. The van der Waals surface area contributed by atoms with E-state index in [1.54, 1.807) is 20.8 Å². The quantitative estimate of drug-likeness (QED) is 0.200. The summed E-state index contributed by atoms with van der Waals surface area (Å²) in [5, 5.41) is 12.5. The van der Waals surface area contributed by atoms with Crippen LogP contribution in [0.5, 0.6) is 0 Å². The van der Waals surface area contributed by atoms with Crippen LogP contribution in [0, 0.1) is 11.8 Å². The first-order chi connectivity index (χ1) is 16.4. The number of aromatic amines is 1. The third kappa shape index (κ3) is 9.59. The average Bonchev–Trinajstić information content (AvgIpc) is 3.09. The van der Waals surface area contributed by atoms with Gasteiger partial charge in [0, 0.05) is 23.7 Å². The van der Waals surface area contributed by atoms with Crippen LogP contribution in [-0.2, 0) is 28.1 Å². The van der Waals surface area contributed by atoms with Crippen LogP contribution in [0.2, 0.25) is 0 Å². The van der Waals surface area contributed by atoms with E-state index in [-0.39, 0.29) is 38.2 Å². The maximum absolute atomic E-state index is 12.2. The Balaban J connectivity index is 1.91. The molecule has 1 saturated heterocycles. The molecular formula is C20H27N3O11P+. The number of aliphatic hydroxyl groups excluding tert-OH is 1. The van der Waals surface area contributed by atoms with Gasteiger partial charge in [-0.25, -0.2) is 9.59 Å². The van der Waals surface area contributed by atoms with Crippen molar-refractivity contribution in [3.63, 3.8) is 0 Å². The normalized spacial score (nSPS) is 19.9. The number of carbonyl (C=O) groups is 2. The molecule has 192 valence electrons. The molecule has 0 aliphatic carbocycles. The van der Waals surface area contributed by atoms with Gasteiger partial charge in [0.15, 0.2) is 6.61 Å². The molecule has 0 radical (unpaired) electrons. The fourth-order valence-electron chi connectivity index (χ4n) is 2.86. The minimum Gasteiger partial charge on any atom is -0.452 e. The highest BCUT2D eigenvalue weighted by Crippen LogP contribution is 2.29. The Morgan fingerprint density at radius 3 is 2.74 bits per heavy atom. The predicted octanol–water partition coefficient (Wildman–Crippen LogP) is -0.339. The monoisotopic (exact) mass is 516 g/mol. The minimum absolute atomic E-state index is 0.000122. The third-order valence-electron chi connectivity index (χ3n) is 4.36. The summed E-state index contributed by atoms with van der Waals surface area (Å²) in [5.41, 5.74) is -2.37. The molecule has 2 rings (SSSR count). The number of aromatic nitrogens is 2. The fourth-order valence-corrected chi connectivity index (χ4v) is 3.14. The zero-order chi connectivity index (χ0) is 26.2. The number of rotatable bonds is 8. The van der Waals surface area contributed by atoms with Gasteiger partial charge in [-0.2, -0.15) is 0 Å². The van der Waals surface area contributed by atoms with Crippen molar-refractivity contribution >= 4 is 20.3 Å². The van der Waals surface area contributed by atoms with Gasteiger partial charge in [0.25, 0.3) is 5.56 Å². The van der Waals surface area contributed by atoms with Gasteiger partial charge < -0.3 is 24.6 Å². The Bertz CT molecular complexity index is 1110. The SMILES string of the molecule is CC(C)(C)OC(=O)NCCC(=O)OCC#Cc1cn(C2CC(O)C(CO[P+](=O)O)O2)c(=O)[nH]c1=O. The van der Waals surface area contributed by atoms with Crippen LogP contribution in [0.3, 0.4) is 0 Å². The first-order valence-corrected chi connectivity index (χ1v) is 11.6. The number of nitrogens with zero attached hydrogens (tertiary/aromatic N) is 1. The van der Waals surface area contributed by atoms with E-state index in [1.165, 1.54) is 0 Å². The lowest BCUT2D eigenvalue weighted by Gasteiger charge is -2.19. The van der Waals surface area contributed by atoms with E-state index in [2.05, 4.69) is 26.7 Å². The summed E-state index contributed by atoms with van der Waals surface area (Å²) in [7, 11) is -2.88. The van der Waals surface area contributed by atoms with E-state index in [0.29, 0.717) is 0 Å². The molecule has 4 unspecified atom stereocenters. The van der Waals surface area contributed by atoms with Gasteiger partial charge in [-0.15, -0.1) is 9.42 Å². The number of alkyl carbamates (subject to hydrolysis) is 1. The fraction of sp³-hybridized carbons (Fsp3) is 0.600. The van der Waals surface area contributed by atoms with Gasteiger partial charge in [-0.1, -0.05) is 11.8 Å². The van der Waals surface area contributed by atoms with E-state index in [0.717, 1.165) is 10.8 Å². The first-order valence-electron chi connectivity index (χ1n) is 10.4. The Hall–Kier alpha value is -3.08. The van der Waals surface area contributed by atoms with Gasteiger partial charge in [-0.05, 0) is 20.8 Å². The topological polar surface area (TPSA) is 195 Å². The molecule has 0 spiro atoms. The number of carbonyl (C=O) groups excluding carboxylic acids is 2. The molecule has 0 bridgehead atoms. The molecule has 1 amide bonds. The van der Waals surface area contributed by atoms with Crippen molar-refractivity contribution in [2.24, 2.45) is 0 Å². The molecule has 4 atom stereocenters. The lowest BCUT2D eigenvalue weighted by molar-refractivity contribution is -0.142. The van der Waals surface area contributed by atoms with Crippen LogP contribution in [0.25, 0.3) is 0 Å². The van der Waals surface area contributed by atoms with Crippen molar-refractivity contribution in [1.29, 1.82) is 0 Å². The summed E-state index contributed by atoms with van der Waals surface area (Å²) in [4.78, 5) is 58.3. The predicted molar refractivity (Wildman–Crippen MR) is 118 cm³/mol. The number of ether oxygens (including phenoxy) is 3. The van der Waals surface area contributed by atoms with Crippen LogP contribution < -0.4 is 16.6 Å². The van der Waals surface area contributed by atoms with E-state index < -0.39 is 55.6 Å². The maximum Gasteiger partial charge on any atom is 0.694 e. The number of esters is 1. The van der Waals surface area contributed by atoms with Gasteiger partial charge >= 0.3 is 26.0 Å². The van der Waals surface area contributed by atoms with Crippen molar-refractivity contribution in [2.75, 3.05) is 19.8 Å². The number of hydrogen-bond donors (Lipinski definition) is 4. The number of amides is 1. The summed E-state index contributed by atoms with van der Waals surface area (Å²) in [6, 6.07) is 0. The van der Waals surface area contributed by atoms with Crippen LogP contribution in [0.4, 0.5) is 4.79 Å². The van der Waals surface area contributed by atoms with Gasteiger partial charge in [0.05, 0.1) is 12.5 Å².